The summed E-state index contributed by atoms with van der Waals surface area (Å²) in [7, 11) is 1.55. The Morgan fingerprint density at radius 1 is 1.00 bits per heavy atom. The second-order valence-electron chi connectivity index (χ2n) is 6.74. The van der Waals surface area contributed by atoms with E-state index >= 15 is 0 Å². The lowest BCUT2D eigenvalue weighted by Gasteiger charge is -2.09. The van der Waals surface area contributed by atoms with Crippen LogP contribution in [0.25, 0.3) is 6.08 Å². The van der Waals surface area contributed by atoms with Crippen LogP contribution in [0, 0.1) is 5.92 Å². The lowest BCUT2D eigenvalue weighted by atomic mass is 10.1. The highest BCUT2D eigenvalue weighted by molar-refractivity contribution is 5.98. The highest BCUT2D eigenvalue weighted by Crippen LogP contribution is 2.18. The van der Waals surface area contributed by atoms with E-state index in [4.69, 9.17) is 4.74 Å². The van der Waals surface area contributed by atoms with Crippen LogP contribution < -0.4 is 20.9 Å². The Hall–Kier alpha value is -3.61. The van der Waals surface area contributed by atoms with Crippen LogP contribution in [-0.2, 0) is 9.59 Å². The summed E-state index contributed by atoms with van der Waals surface area (Å²) in [6.07, 6.45) is 3.32. The quantitative estimate of drug-likeness (QED) is 0.496. The molecule has 2 rings (SSSR count). The van der Waals surface area contributed by atoms with Crippen molar-refractivity contribution in [2.75, 3.05) is 12.4 Å². The van der Waals surface area contributed by atoms with Crippen LogP contribution in [0.2, 0.25) is 0 Å². The second kappa shape index (κ2) is 10.7. The lowest BCUT2D eigenvalue weighted by Crippen LogP contribution is -2.40. The number of carbonyl (C=O) groups excluding carboxylic acids is 3. The van der Waals surface area contributed by atoms with Gasteiger partial charge in [0.25, 0.3) is 11.8 Å². The van der Waals surface area contributed by atoms with Gasteiger partial charge >= 0.3 is 0 Å². The Balaban J connectivity index is 1.86. The molecular formula is C22H25N3O4. The molecule has 152 valence electrons. The number of amides is 3. The molecule has 2 aromatic rings. The van der Waals surface area contributed by atoms with E-state index in [0.717, 1.165) is 5.56 Å². The van der Waals surface area contributed by atoms with Gasteiger partial charge in [-0.1, -0.05) is 32.0 Å². The zero-order chi connectivity index (χ0) is 21.2. The van der Waals surface area contributed by atoms with Crippen molar-refractivity contribution in [1.82, 2.24) is 10.9 Å². The number of nitrogens with one attached hydrogen (secondary N) is 3. The van der Waals surface area contributed by atoms with Crippen LogP contribution in [0.15, 0.2) is 54.6 Å². The third kappa shape index (κ3) is 7.14. The number of para-hydroxylation sites is 1. The van der Waals surface area contributed by atoms with E-state index in [0.29, 0.717) is 23.4 Å². The average Bonchev–Trinajstić information content (AvgIpc) is 2.70. The number of hydrazine groups is 1. The standard InChI is InChI=1S/C22H25N3O4/c1-15(2)14-21(27)23-18-11-8-17(9-12-18)22(28)25-24-20(26)13-10-16-6-4-5-7-19(16)29-3/h4-13,15H,14H2,1-3H3,(H,23,27)(H,24,26)(H,25,28)/b13-10+. The number of hydrogen-bond donors (Lipinski definition) is 3. The van der Waals surface area contributed by atoms with Crippen LogP contribution in [0.1, 0.15) is 36.2 Å². The van der Waals surface area contributed by atoms with Crippen molar-refractivity contribution in [3.8, 4) is 5.75 Å². The monoisotopic (exact) mass is 395 g/mol. The normalized spacial score (nSPS) is 10.6. The van der Waals surface area contributed by atoms with Gasteiger partial charge < -0.3 is 10.1 Å². The number of ether oxygens (including phenoxy) is 1. The highest BCUT2D eigenvalue weighted by Gasteiger charge is 2.08. The number of rotatable bonds is 7. The van der Waals surface area contributed by atoms with Gasteiger partial charge in [0.2, 0.25) is 5.91 Å². The number of benzene rings is 2. The van der Waals surface area contributed by atoms with Gasteiger partial charge in [0.1, 0.15) is 5.75 Å². The molecule has 0 aliphatic heterocycles. The zero-order valence-corrected chi connectivity index (χ0v) is 16.7. The van der Waals surface area contributed by atoms with Crippen LogP contribution in [-0.4, -0.2) is 24.8 Å². The molecule has 0 unspecified atom stereocenters. The van der Waals surface area contributed by atoms with Gasteiger partial charge in [-0.3, -0.25) is 25.2 Å². The fourth-order valence-corrected chi connectivity index (χ4v) is 2.49. The first kappa shape index (κ1) is 21.7. The predicted octanol–water partition coefficient (Wildman–Crippen LogP) is 3.15. The average molecular weight is 395 g/mol. The molecule has 0 fully saturated rings. The fourth-order valence-electron chi connectivity index (χ4n) is 2.49. The summed E-state index contributed by atoms with van der Waals surface area (Å²) in [5, 5.41) is 2.77. The third-order valence-corrected chi connectivity index (χ3v) is 3.88. The van der Waals surface area contributed by atoms with Crippen LogP contribution in [0.5, 0.6) is 5.75 Å². The molecule has 7 heteroatoms. The minimum Gasteiger partial charge on any atom is -0.496 e. The molecule has 3 N–H and O–H groups in total. The Kier molecular flexibility index (Phi) is 7.97. The first-order valence-corrected chi connectivity index (χ1v) is 9.20. The summed E-state index contributed by atoms with van der Waals surface area (Å²) >= 11 is 0. The fraction of sp³-hybridized carbons (Fsp3) is 0.227. The Morgan fingerprint density at radius 3 is 2.34 bits per heavy atom. The maximum absolute atomic E-state index is 12.1. The minimum absolute atomic E-state index is 0.0775. The van der Waals surface area contributed by atoms with E-state index in [9.17, 15) is 14.4 Å². The Morgan fingerprint density at radius 2 is 1.69 bits per heavy atom. The van der Waals surface area contributed by atoms with Gasteiger partial charge in [-0.25, -0.2) is 0 Å². The lowest BCUT2D eigenvalue weighted by molar-refractivity contribution is -0.117. The molecule has 7 nitrogen and oxygen atoms in total. The van der Waals surface area contributed by atoms with Gasteiger partial charge in [0.05, 0.1) is 7.11 Å². The summed E-state index contributed by atoms with van der Waals surface area (Å²) in [6, 6.07) is 13.7. The number of carbonyl (C=O) groups is 3. The van der Waals surface area contributed by atoms with E-state index in [2.05, 4.69) is 16.2 Å². The van der Waals surface area contributed by atoms with Gasteiger partial charge in [-0.2, -0.15) is 0 Å². The molecule has 29 heavy (non-hydrogen) atoms. The van der Waals surface area contributed by atoms with Gasteiger partial charge in [-0.05, 0) is 42.3 Å². The summed E-state index contributed by atoms with van der Waals surface area (Å²) in [6.45, 7) is 3.93. The molecule has 0 aliphatic carbocycles. The van der Waals surface area contributed by atoms with Crippen LogP contribution in [0.3, 0.4) is 0 Å². The molecule has 0 aliphatic rings. The van der Waals surface area contributed by atoms with Crippen molar-refractivity contribution in [2.24, 2.45) is 5.92 Å². The van der Waals surface area contributed by atoms with Gasteiger partial charge in [0, 0.05) is 29.3 Å². The molecule has 0 atom stereocenters. The SMILES string of the molecule is COc1ccccc1/C=C/C(=O)NNC(=O)c1ccc(NC(=O)CC(C)C)cc1. The molecule has 0 aromatic heterocycles. The highest BCUT2D eigenvalue weighted by atomic mass is 16.5. The maximum atomic E-state index is 12.1. The first-order chi connectivity index (χ1) is 13.9. The minimum atomic E-state index is -0.484. The summed E-state index contributed by atoms with van der Waals surface area (Å²) < 4.78 is 5.21. The van der Waals surface area contributed by atoms with Crippen molar-refractivity contribution < 1.29 is 19.1 Å². The van der Waals surface area contributed by atoms with Crippen molar-refractivity contribution >= 4 is 29.5 Å². The molecule has 0 heterocycles. The van der Waals surface area contributed by atoms with E-state index < -0.39 is 11.8 Å². The maximum Gasteiger partial charge on any atom is 0.269 e. The van der Waals surface area contributed by atoms with Crippen molar-refractivity contribution in [2.45, 2.75) is 20.3 Å². The third-order valence-electron chi connectivity index (χ3n) is 3.88. The Labute approximate surface area is 170 Å². The predicted molar refractivity (Wildman–Crippen MR) is 112 cm³/mol. The molecule has 0 radical (unpaired) electrons. The van der Waals surface area contributed by atoms with Crippen LogP contribution >= 0.6 is 0 Å². The molecule has 0 saturated carbocycles. The number of hydrogen-bond acceptors (Lipinski definition) is 4. The molecule has 0 bridgehead atoms. The molecular weight excluding hydrogens is 370 g/mol. The smallest absolute Gasteiger partial charge is 0.269 e. The van der Waals surface area contributed by atoms with E-state index in [1.54, 1.807) is 43.5 Å². The van der Waals surface area contributed by atoms with E-state index in [1.807, 2.05) is 32.0 Å². The van der Waals surface area contributed by atoms with Crippen molar-refractivity contribution in [1.29, 1.82) is 0 Å². The van der Waals surface area contributed by atoms with Gasteiger partial charge in [-0.15, -0.1) is 0 Å². The molecule has 2 aromatic carbocycles. The largest absolute Gasteiger partial charge is 0.496 e. The second-order valence-corrected chi connectivity index (χ2v) is 6.74. The number of anilines is 1. The van der Waals surface area contributed by atoms with E-state index in [-0.39, 0.29) is 11.8 Å². The van der Waals surface area contributed by atoms with Crippen molar-refractivity contribution in [3.63, 3.8) is 0 Å². The van der Waals surface area contributed by atoms with Gasteiger partial charge in [0.15, 0.2) is 0 Å². The molecule has 0 spiro atoms. The first-order valence-electron chi connectivity index (χ1n) is 9.20. The summed E-state index contributed by atoms with van der Waals surface area (Å²) in [5.41, 5.74) is 6.36. The zero-order valence-electron chi connectivity index (χ0n) is 16.7. The van der Waals surface area contributed by atoms with Crippen molar-refractivity contribution in [3.05, 3.63) is 65.7 Å². The Bertz CT molecular complexity index is 889. The summed E-state index contributed by atoms with van der Waals surface area (Å²) in [4.78, 5) is 35.8. The molecule has 3 amide bonds. The summed E-state index contributed by atoms with van der Waals surface area (Å²) in [5.74, 6) is -0.126. The number of methoxy groups -OCH3 is 1. The van der Waals surface area contributed by atoms with E-state index in [1.165, 1.54) is 6.08 Å². The molecule has 0 saturated heterocycles. The van der Waals surface area contributed by atoms with Crippen LogP contribution in [0.4, 0.5) is 5.69 Å². The topological polar surface area (TPSA) is 96.5 Å².